The number of carbonyl (C=O) groups excluding carboxylic acids is 2. The molecule has 1 N–H and O–H groups in total. The third kappa shape index (κ3) is 4.20. The molecule has 1 aromatic carbocycles. The van der Waals surface area contributed by atoms with Crippen LogP contribution >= 0.6 is 22.9 Å². The van der Waals surface area contributed by atoms with Crippen molar-refractivity contribution in [2.45, 2.75) is 11.3 Å². The average molecular weight is 400 g/mol. The van der Waals surface area contributed by atoms with Gasteiger partial charge in [-0.2, -0.15) is 0 Å². The summed E-state index contributed by atoms with van der Waals surface area (Å²) in [6.45, 7) is 0.261. The van der Waals surface area contributed by atoms with Crippen LogP contribution in [0.2, 0.25) is 4.34 Å². The third-order valence-electron chi connectivity index (χ3n) is 3.73. The molecular weight excluding hydrogens is 386 g/mol. The summed E-state index contributed by atoms with van der Waals surface area (Å²) in [4.78, 5) is 24.1. The summed E-state index contributed by atoms with van der Waals surface area (Å²) in [5.41, 5.74) is 0.466. The molecule has 1 aliphatic rings. The monoisotopic (exact) mass is 399 g/mol. The van der Waals surface area contributed by atoms with Gasteiger partial charge in [0.15, 0.2) is 9.84 Å². The molecule has 1 saturated heterocycles. The first-order chi connectivity index (χ1) is 11.8. The normalized spacial score (nSPS) is 17.3. The average Bonchev–Trinajstić information content (AvgIpc) is 3.17. The molecule has 25 heavy (non-hydrogen) atoms. The number of rotatable bonds is 5. The van der Waals surface area contributed by atoms with Gasteiger partial charge in [-0.15, -0.1) is 11.3 Å². The smallest absolute Gasteiger partial charge is 0.310 e. The Kier molecular flexibility index (Phi) is 5.12. The van der Waals surface area contributed by atoms with Gasteiger partial charge in [-0.25, -0.2) is 8.42 Å². The number of benzene rings is 1. The van der Waals surface area contributed by atoms with Crippen LogP contribution in [0.3, 0.4) is 0 Å². The van der Waals surface area contributed by atoms with Crippen LogP contribution in [0.15, 0.2) is 41.3 Å². The van der Waals surface area contributed by atoms with Crippen LogP contribution in [0.1, 0.15) is 16.1 Å². The van der Waals surface area contributed by atoms with Crippen LogP contribution in [-0.4, -0.2) is 32.7 Å². The van der Waals surface area contributed by atoms with Crippen LogP contribution in [0.25, 0.3) is 0 Å². The van der Waals surface area contributed by atoms with Crippen LogP contribution in [0.5, 0.6) is 0 Å². The van der Waals surface area contributed by atoms with E-state index in [1.54, 1.807) is 12.1 Å². The number of esters is 1. The van der Waals surface area contributed by atoms with Crippen molar-refractivity contribution in [3.05, 3.63) is 45.6 Å². The SMILES string of the molecule is O=C(Nc1ccc(S(=O)(=O)CC2CCOC2=O)cc1)c1ccc(Cl)s1. The van der Waals surface area contributed by atoms with Crippen molar-refractivity contribution in [3.8, 4) is 0 Å². The van der Waals surface area contributed by atoms with E-state index in [0.717, 1.165) is 11.3 Å². The maximum absolute atomic E-state index is 12.4. The third-order valence-corrected chi connectivity index (χ3v) is 6.79. The summed E-state index contributed by atoms with van der Waals surface area (Å²) in [6, 6.07) is 9.08. The zero-order chi connectivity index (χ0) is 18.0. The summed E-state index contributed by atoms with van der Waals surface area (Å²) < 4.78 is 30.1. The maximum Gasteiger partial charge on any atom is 0.310 e. The second-order valence-electron chi connectivity index (χ2n) is 5.52. The molecule has 0 aliphatic carbocycles. The molecule has 6 nitrogen and oxygen atoms in total. The van der Waals surface area contributed by atoms with E-state index in [4.69, 9.17) is 16.3 Å². The molecule has 2 aromatic rings. The molecule has 0 saturated carbocycles. The number of sulfone groups is 1. The highest BCUT2D eigenvalue weighted by molar-refractivity contribution is 7.91. The molecular formula is C16H14ClNO5S2. The summed E-state index contributed by atoms with van der Waals surface area (Å²) >= 11 is 6.95. The lowest BCUT2D eigenvalue weighted by Gasteiger charge is -2.09. The first-order valence-corrected chi connectivity index (χ1v) is 10.3. The van der Waals surface area contributed by atoms with Crippen molar-refractivity contribution in [3.63, 3.8) is 0 Å². The number of thiophene rings is 1. The minimum atomic E-state index is -3.60. The highest BCUT2D eigenvalue weighted by Gasteiger charge is 2.32. The van der Waals surface area contributed by atoms with Gasteiger partial charge in [-0.05, 0) is 42.8 Å². The van der Waals surface area contributed by atoms with Crippen molar-refractivity contribution in [2.24, 2.45) is 5.92 Å². The lowest BCUT2D eigenvalue weighted by atomic mass is 10.1. The Balaban J connectivity index is 1.69. The molecule has 0 bridgehead atoms. The van der Waals surface area contributed by atoms with Gasteiger partial charge in [0, 0.05) is 5.69 Å². The van der Waals surface area contributed by atoms with Crippen molar-refractivity contribution in [2.75, 3.05) is 17.7 Å². The minimum absolute atomic E-state index is 0.101. The van der Waals surface area contributed by atoms with Gasteiger partial charge in [-0.1, -0.05) is 11.6 Å². The lowest BCUT2D eigenvalue weighted by Crippen LogP contribution is -2.20. The Morgan fingerprint density at radius 1 is 1.24 bits per heavy atom. The summed E-state index contributed by atoms with van der Waals surface area (Å²) in [5, 5.41) is 2.67. The van der Waals surface area contributed by atoms with E-state index >= 15 is 0 Å². The van der Waals surface area contributed by atoms with E-state index < -0.39 is 21.7 Å². The first-order valence-electron chi connectivity index (χ1n) is 7.41. The highest BCUT2D eigenvalue weighted by atomic mass is 35.5. The standard InChI is InChI=1S/C16H14ClNO5S2/c17-14-6-5-13(24-14)15(19)18-11-1-3-12(4-2-11)25(21,22)9-10-7-8-23-16(10)20/h1-6,10H,7-9H2,(H,18,19). The Hall–Kier alpha value is -1.90. The molecule has 1 unspecified atom stereocenters. The molecule has 1 aromatic heterocycles. The van der Waals surface area contributed by atoms with Crippen molar-refractivity contribution >= 4 is 50.3 Å². The van der Waals surface area contributed by atoms with Crippen LogP contribution in [0.4, 0.5) is 5.69 Å². The van der Waals surface area contributed by atoms with Gasteiger partial charge in [0.2, 0.25) is 0 Å². The van der Waals surface area contributed by atoms with E-state index in [1.807, 2.05) is 0 Å². The number of hydrogen-bond acceptors (Lipinski definition) is 6. The van der Waals surface area contributed by atoms with E-state index in [9.17, 15) is 18.0 Å². The van der Waals surface area contributed by atoms with Gasteiger partial charge >= 0.3 is 5.97 Å². The number of amides is 1. The summed E-state index contributed by atoms with van der Waals surface area (Å²) in [6.07, 6.45) is 0.412. The number of cyclic esters (lactones) is 1. The Morgan fingerprint density at radius 2 is 1.96 bits per heavy atom. The second kappa shape index (κ2) is 7.15. The van der Waals surface area contributed by atoms with Gasteiger partial charge in [-0.3, -0.25) is 9.59 Å². The fraction of sp³-hybridized carbons (Fsp3) is 0.250. The Morgan fingerprint density at radius 3 is 2.52 bits per heavy atom. The second-order valence-corrected chi connectivity index (χ2v) is 9.27. The number of nitrogens with one attached hydrogen (secondary N) is 1. The Labute approximate surface area is 153 Å². The van der Waals surface area contributed by atoms with Gasteiger partial charge in [0.25, 0.3) is 5.91 Å². The number of anilines is 1. The quantitative estimate of drug-likeness (QED) is 0.780. The molecule has 1 atom stereocenters. The van der Waals surface area contributed by atoms with E-state index in [2.05, 4.69) is 5.32 Å². The van der Waals surface area contributed by atoms with E-state index in [-0.39, 0.29) is 23.2 Å². The predicted molar refractivity (Wildman–Crippen MR) is 94.8 cm³/mol. The lowest BCUT2D eigenvalue weighted by molar-refractivity contribution is -0.140. The van der Waals surface area contributed by atoms with E-state index in [0.29, 0.717) is 21.3 Å². The Bertz CT molecular complexity index is 905. The van der Waals surface area contributed by atoms with E-state index in [1.165, 1.54) is 24.3 Å². The number of ether oxygens (including phenoxy) is 1. The topological polar surface area (TPSA) is 89.5 Å². The van der Waals surface area contributed by atoms with Crippen LogP contribution in [0, 0.1) is 5.92 Å². The summed E-state index contributed by atoms with van der Waals surface area (Å²) in [5.74, 6) is -1.68. The van der Waals surface area contributed by atoms with Gasteiger partial charge in [0.1, 0.15) is 0 Å². The molecule has 3 rings (SSSR count). The van der Waals surface area contributed by atoms with Gasteiger partial charge < -0.3 is 10.1 Å². The van der Waals surface area contributed by atoms with Crippen LogP contribution in [-0.2, 0) is 19.4 Å². The molecule has 2 heterocycles. The largest absolute Gasteiger partial charge is 0.465 e. The highest BCUT2D eigenvalue weighted by Crippen LogP contribution is 2.24. The fourth-order valence-electron chi connectivity index (χ4n) is 2.42. The number of hydrogen-bond donors (Lipinski definition) is 1. The molecule has 0 radical (unpaired) electrons. The first kappa shape index (κ1) is 17.9. The molecule has 9 heteroatoms. The molecule has 1 amide bonds. The molecule has 1 aliphatic heterocycles. The molecule has 1 fully saturated rings. The molecule has 0 spiro atoms. The van der Waals surface area contributed by atoms with Crippen molar-refractivity contribution in [1.29, 1.82) is 0 Å². The molecule has 132 valence electrons. The fourth-order valence-corrected chi connectivity index (χ4v) is 4.94. The van der Waals surface area contributed by atoms with Crippen molar-refractivity contribution in [1.82, 2.24) is 0 Å². The number of halogens is 1. The number of carbonyl (C=O) groups is 2. The minimum Gasteiger partial charge on any atom is -0.465 e. The predicted octanol–water partition coefficient (Wildman–Crippen LogP) is 2.99. The van der Waals surface area contributed by atoms with Crippen molar-refractivity contribution < 1.29 is 22.7 Å². The van der Waals surface area contributed by atoms with Crippen LogP contribution < -0.4 is 5.32 Å². The summed E-state index contributed by atoms with van der Waals surface area (Å²) in [7, 11) is -3.60. The zero-order valence-corrected chi connectivity index (χ0v) is 15.3. The zero-order valence-electron chi connectivity index (χ0n) is 12.9. The maximum atomic E-state index is 12.4. The van der Waals surface area contributed by atoms with Gasteiger partial charge in [0.05, 0.1) is 32.4 Å².